The summed E-state index contributed by atoms with van der Waals surface area (Å²) >= 11 is 0. The number of fused-ring (bicyclic) bond motifs is 6. The predicted molar refractivity (Wildman–Crippen MR) is 234 cm³/mol. The standard InChI is InChI=1S/C52H38N4/c1-5-17-35(18-6-1)45-29-39(30-46(53-45)36-19-7-2-8-20-36)55-49-27-15-13-25-41(49)43-34-52-44(33-51(43)55)42-26-14-16-28-50(42)56(52)40-31-47(37-21-9-3-10-22-37)54-48(32-40)38-23-11-4-12-24-38/h1-3,5-11,13-29,31-34,39H,4,12,30H2. The van der Waals surface area contributed by atoms with Crippen molar-refractivity contribution in [2.75, 3.05) is 0 Å². The zero-order valence-electron chi connectivity index (χ0n) is 30.9. The van der Waals surface area contributed by atoms with Gasteiger partial charge in [0.05, 0.1) is 51.1 Å². The van der Waals surface area contributed by atoms with Crippen LogP contribution >= 0.6 is 0 Å². The summed E-state index contributed by atoms with van der Waals surface area (Å²) in [6.07, 6.45) is 12.1. The van der Waals surface area contributed by atoms with Crippen LogP contribution in [0.5, 0.6) is 0 Å². The first-order chi connectivity index (χ1) is 27.8. The summed E-state index contributed by atoms with van der Waals surface area (Å²) in [5.41, 5.74) is 14.6. The van der Waals surface area contributed by atoms with Gasteiger partial charge in [-0.25, -0.2) is 4.98 Å². The van der Waals surface area contributed by atoms with Crippen molar-refractivity contribution in [1.29, 1.82) is 0 Å². The van der Waals surface area contributed by atoms with Crippen LogP contribution in [0, 0.1) is 0 Å². The van der Waals surface area contributed by atoms with Gasteiger partial charge in [-0.3, -0.25) is 4.99 Å². The van der Waals surface area contributed by atoms with Crippen LogP contribution in [-0.2, 0) is 0 Å². The van der Waals surface area contributed by atoms with Crippen molar-refractivity contribution in [2.45, 2.75) is 25.3 Å². The number of benzene rings is 6. The minimum Gasteiger partial charge on any atom is -0.333 e. The van der Waals surface area contributed by atoms with Crippen LogP contribution in [0.1, 0.15) is 42.1 Å². The highest BCUT2D eigenvalue weighted by Gasteiger charge is 2.26. The number of aromatic nitrogens is 3. The molecule has 0 fully saturated rings. The molecule has 6 aromatic carbocycles. The van der Waals surface area contributed by atoms with Gasteiger partial charge >= 0.3 is 0 Å². The Balaban J connectivity index is 1.17. The van der Waals surface area contributed by atoms with Gasteiger partial charge in [-0.05, 0) is 72.0 Å². The van der Waals surface area contributed by atoms with Gasteiger partial charge in [0.2, 0.25) is 0 Å². The minimum absolute atomic E-state index is 0.0547. The zero-order chi connectivity index (χ0) is 37.0. The molecule has 1 aliphatic heterocycles. The second kappa shape index (κ2) is 13.4. The molecule has 0 N–H and O–H groups in total. The summed E-state index contributed by atoms with van der Waals surface area (Å²) < 4.78 is 5.02. The van der Waals surface area contributed by atoms with E-state index in [0.29, 0.717) is 0 Å². The molecule has 1 atom stereocenters. The molecular formula is C52H38N4. The Morgan fingerprint density at radius 1 is 0.500 bits per heavy atom. The number of nitrogens with zero attached hydrogens (tertiary/aromatic N) is 4. The summed E-state index contributed by atoms with van der Waals surface area (Å²) in [5, 5.41) is 4.95. The first-order valence-corrected chi connectivity index (χ1v) is 19.6. The van der Waals surface area contributed by atoms with E-state index in [2.05, 4.69) is 197 Å². The van der Waals surface area contributed by atoms with Crippen molar-refractivity contribution in [3.8, 4) is 16.9 Å². The fourth-order valence-corrected chi connectivity index (χ4v) is 8.86. The minimum atomic E-state index is 0.0547. The lowest BCUT2D eigenvalue weighted by Gasteiger charge is -2.25. The molecule has 266 valence electrons. The van der Waals surface area contributed by atoms with E-state index in [1.807, 2.05) is 0 Å². The molecule has 4 heteroatoms. The van der Waals surface area contributed by atoms with E-state index in [0.717, 1.165) is 64.4 Å². The van der Waals surface area contributed by atoms with Crippen molar-refractivity contribution in [1.82, 2.24) is 14.1 Å². The topological polar surface area (TPSA) is 35.1 Å². The molecule has 0 amide bonds. The van der Waals surface area contributed by atoms with E-state index in [4.69, 9.17) is 9.98 Å². The Morgan fingerprint density at radius 2 is 1.11 bits per heavy atom. The number of aliphatic imine (C=N–C) groups is 1. The molecule has 0 spiro atoms. The summed E-state index contributed by atoms with van der Waals surface area (Å²) in [6.45, 7) is 0. The van der Waals surface area contributed by atoms with Gasteiger partial charge in [0, 0.05) is 39.0 Å². The van der Waals surface area contributed by atoms with Gasteiger partial charge in [0.1, 0.15) is 0 Å². The maximum absolute atomic E-state index is 5.29. The highest BCUT2D eigenvalue weighted by atomic mass is 15.0. The van der Waals surface area contributed by atoms with Gasteiger partial charge < -0.3 is 9.13 Å². The van der Waals surface area contributed by atoms with E-state index in [-0.39, 0.29) is 6.04 Å². The second-order valence-corrected chi connectivity index (χ2v) is 14.8. The zero-order valence-corrected chi connectivity index (χ0v) is 30.9. The van der Waals surface area contributed by atoms with Crippen LogP contribution in [0.15, 0.2) is 193 Å². The van der Waals surface area contributed by atoms with Crippen molar-refractivity contribution in [3.63, 3.8) is 0 Å². The lowest BCUT2D eigenvalue weighted by Crippen LogP contribution is -2.17. The average molecular weight is 719 g/mol. The third-order valence-corrected chi connectivity index (χ3v) is 11.4. The number of para-hydroxylation sites is 2. The molecule has 1 unspecified atom stereocenters. The molecule has 0 bridgehead atoms. The molecular weight excluding hydrogens is 681 g/mol. The van der Waals surface area contributed by atoms with Gasteiger partial charge in [-0.15, -0.1) is 0 Å². The molecule has 1 aliphatic carbocycles. The van der Waals surface area contributed by atoms with Crippen LogP contribution in [0.2, 0.25) is 0 Å². The summed E-state index contributed by atoms with van der Waals surface area (Å²) in [6, 6.07) is 59.0. The van der Waals surface area contributed by atoms with E-state index >= 15 is 0 Å². The molecule has 3 aromatic heterocycles. The SMILES string of the molecule is C1=CC(c2cc(-n3c4ccccc4c4cc5c(cc43)c3ccccc3n5C3C=C(c4ccccc4)N=C(c4ccccc4)C3)cc(-c3ccccc3)n2)=CCC1. The third-order valence-electron chi connectivity index (χ3n) is 11.4. The number of hydrogen-bond acceptors (Lipinski definition) is 2. The highest BCUT2D eigenvalue weighted by Crippen LogP contribution is 2.42. The average Bonchev–Trinajstić information content (AvgIpc) is 3.78. The Hall–Kier alpha value is -7.04. The normalized spacial score (nSPS) is 15.7. The van der Waals surface area contributed by atoms with Gasteiger partial charge in [-0.2, -0.15) is 0 Å². The Bertz CT molecular complexity index is 3090. The maximum atomic E-state index is 5.29. The van der Waals surface area contributed by atoms with E-state index in [1.165, 1.54) is 49.2 Å². The Labute approximate surface area is 325 Å². The van der Waals surface area contributed by atoms with Crippen molar-refractivity contribution in [3.05, 3.63) is 205 Å². The Kier molecular flexibility index (Phi) is 7.73. The summed E-state index contributed by atoms with van der Waals surface area (Å²) in [7, 11) is 0. The molecule has 9 aromatic rings. The first-order valence-electron chi connectivity index (χ1n) is 19.6. The molecule has 4 heterocycles. The first kappa shape index (κ1) is 32.4. The molecule has 0 saturated carbocycles. The number of hydrogen-bond donors (Lipinski definition) is 0. The molecule has 11 rings (SSSR count). The maximum Gasteiger partial charge on any atom is 0.0730 e. The van der Waals surface area contributed by atoms with Crippen molar-refractivity contribution < 1.29 is 0 Å². The highest BCUT2D eigenvalue weighted by molar-refractivity contribution is 6.19. The smallest absolute Gasteiger partial charge is 0.0730 e. The van der Waals surface area contributed by atoms with Gasteiger partial charge in [0.25, 0.3) is 0 Å². The molecule has 0 saturated heterocycles. The number of rotatable bonds is 6. The quantitative estimate of drug-likeness (QED) is 0.169. The Morgan fingerprint density at radius 3 is 1.84 bits per heavy atom. The second-order valence-electron chi connectivity index (χ2n) is 14.8. The lowest BCUT2D eigenvalue weighted by molar-refractivity contribution is 0.664. The van der Waals surface area contributed by atoms with Crippen molar-refractivity contribution in [2.24, 2.45) is 4.99 Å². The third kappa shape index (κ3) is 5.45. The van der Waals surface area contributed by atoms with Crippen LogP contribution in [0.4, 0.5) is 0 Å². The number of pyridine rings is 1. The largest absolute Gasteiger partial charge is 0.333 e. The molecule has 4 nitrogen and oxygen atoms in total. The fraction of sp³-hybridized carbons (Fsp3) is 0.0769. The molecule has 56 heavy (non-hydrogen) atoms. The lowest BCUT2D eigenvalue weighted by atomic mass is 9.96. The van der Waals surface area contributed by atoms with Gasteiger partial charge in [0.15, 0.2) is 0 Å². The van der Waals surface area contributed by atoms with Crippen molar-refractivity contribution >= 4 is 60.6 Å². The van der Waals surface area contributed by atoms with E-state index in [1.54, 1.807) is 0 Å². The monoisotopic (exact) mass is 718 g/mol. The summed E-state index contributed by atoms with van der Waals surface area (Å²) in [5.74, 6) is 0. The number of allylic oxidation sites excluding steroid dienone is 5. The van der Waals surface area contributed by atoms with Crippen LogP contribution in [-0.4, -0.2) is 19.8 Å². The predicted octanol–water partition coefficient (Wildman–Crippen LogP) is 13.2. The molecule has 2 aliphatic rings. The fourth-order valence-electron chi connectivity index (χ4n) is 8.86. The van der Waals surface area contributed by atoms with Crippen LogP contribution in [0.25, 0.3) is 71.8 Å². The van der Waals surface area contributed by atoms with E-state index in [9.17, 15) is 0 Å². The van der Waals surface area contributed by atoms with E-state index < -0.39 is 0 Å². The summed E-state index contributed by atoms with van der Waals surface area (Å²) in [4.78, 5) is 10.5. The van der Waals surface area contributed by atoms with Gasteiger partial charge in [-0.1, -0.05) is 146 Å². The van der Waals surface area contributed by atoms with Crippen LogP contribution < -0.4 is 0 Å². The van der Waals surface area contributed by atoms with Crippen LogP contribution in [0.3, 0.4) is 0 Å². The molecule has 0 radical (unpaired) electrons.